The van der Waals surface area contributed by atoms with Crippen LogP contribution < -0.4 is 4.74 Å². The van der Waals surface area contributed by atoms with Gasteiger partial charge in [0.2, 0.25) is 0 Å². The topological polar surface area (TPSA) is 146 Å². The van der Waals surface area contributed by atoms with Crippen LogP contribution in [0.2, 0.25) is 5.02 Å². The number of quaternary nitrogens is 1. The van der Waals surface area contributed by atoms with E-state index in [-0.39, 0.29) is 18.9 Å². The van der Waals surface area contributed by atoms with Gasteiger partial charge in [-0.2, -0.15) is 0 Å². The Balaban J connectivity index is 0.000000461. The lowest BCUT2D eigenvalue weighted by Crippen LogP contribution is -2.36. The summed E-state index contributed by atoms with van der Waals surface area (Å²) in [5.41, 5.74) is 2.32. The Morgan fingerprint density at radius 1 is 0.974 bits per heavy atom. The molecule has 2 aromatic carbocycles. The number of aliphatic carboxylic acids is 1. The molecular formula is C27H36ClN2O8+. The zero-order valence-corrected chi connectivity index (χ0v) is 23.0. The van der Waals surface area contributed by atoms with Crippen molar-refractivity contribution in [3.05, 3.63) is 64.3 Å². The van der Waals surface area contributed by atoms with E-state index in [0.29, 0.717) is 38.5 Å². The van der Waals surface area contributed by atoms with Gasteiger partial charge >= 0.3 is 5.97 Å². The lowest BCUT2D eigenvalue weighted by molar-refractivity contribution is -0.870. The molecule has 0 saturated carbocycles. The fraction of sp³-hybridized carbons (Fsp3) is 0.370. The number of halogens is 1. The number of hydrogen-bond acceptors (Lipinski definition) is 7. The number of aromatic nitrogens is 1. The molecule has 0 bridgehead atoms. The number of Topliss-reactive ketones (excluding diaryl/α,β-unsaturated/α-hetero) is 1. The minimum Gasteiger partial charge on any atom is -0.497 e. The summed E-state index contributed by atoms with van der Waals surface area (Å²) in [5, 5.41) is 34.5. The molecule has 208 valence electrons. The number of hydrogen-bond donors (Lipinski definition) is 4. The van der Waals surface area contributed by atoms with E-state index in [1.807, 2.05) is 0 Å². The van der Waals surface area contributed by atoms with E-state index in [9.17, 15) is 19.5 Å². The van der Waals surface area contributed by atoms with E-state index in [2.05, 4.69) is 21.1 Å². The van der Waals surface area contributed by atoms with Crippen LogP contribution in [0.1, 0.15) is 21.6 Å². The minimum atomic E-state index is -0.955. The van der Waals surface area contributed by atoms with E-state index in [1.54, 1.807) is 56.5 Å². The third-order valence-electron chi connectivity index (χ3n) is 5.29. The fourth-order valence-electron chi connectivity index (χ4n) is 3.30. The van der Waals surface area contributed by atoms with Crippen LogP contribution in [0.15, 0.2) is 42.5 Å². The number of ether oxygens (including phenoxy) is 1. The van der Waals surface area contributed by atoms with Crippen molar-refractivity contribution in [2.45, 2.75) is 13.3 Å². The summed E-state index contributed by atoms with van der Waals surface area (Å²) in [7, 11) is 7.70. The van der Waals surface area contributed by atoms with E-state index >= 15 is 0 Å². The first-order valence-corrected chi connectivity index (χ1v) is 12.0. The highest BCUT2D eigenvalue weighted by Crippen LogP contribution is 2.30. The number of benzene rings is 2. The quantitative estimate of drug-likeness (QED) is 0.311. The number of aliphatic hydroxyl groups excluding tert-OH is 3. The van der Waals surface area contributed by atoms with Gasteiger partial charge in [-0.3, -0.25) is 19.0 Å². The van der Waals surface area contributed by atoms with Gasteiger partial charge in [0.05, 0.1) is 46.8 Å². The van der Waals surface area contributed by atoms with Crippen LogP contribution in [-0.4, -0.2) is 102 Å². The second kappa shape index (κ2) is 15.2. The number of carbonyl (C=O) groups is 3. The van der Waals surface area contributed by atoms with E-state index in [0.717, 1.165) is 11.0 Å². The smallest absolute Gasteiger partial charge is 0.307 e. The molecule has 3 aromatic rings. The summed E-state index contributed by atoms with van der Waals surface area (Å²) in [6.07, 6.45) is -0.170. The molecule has 1 aromatic heterocycles. The summed E-state index contributed by atoms with van der Waals surface area (Å²) in [6, 6.07) is 11.9. The van der Waals surface area contributed by atoms with Gasteiger partial charge in [0.25, 0.3) is 5.91 Å². The normalized spacial score (nSPS) is 10.7. The van der Waals surface area contributed by atoms with Crippen LogP contribution in [0.5, 0.6) is 5.75 Å². The van der Waals surface area contributed by atoms with Gasteiger partial charge < -0.3 is 29.6 Å². The van der Waals surface area contributed by atoms with Crippen LogP contribution in [0, 0.1) is 6.92 Å². The molecule has 0 radical (unpaired) electrons. The molecule has 38 heavy (non-hydrogen) atoms. The Morgan fingerprint density at radius 2 is 1.55 bits per heavy atom. The average Bonchev–Trinajstić information content (AvgIpc) is 3.13. The number of fused-ring (bicyclic) bond motifs is 1. The predicted molar refractivity (Wildman–Crippen MR) is 145 cm³/mol. The molecule has 0 saturated heterocycles. The summed E-state index contributed by atoms with van der Waals surface area (Å²) in [6.45, 7) is 1.75. The largest absolute Gasteiger partial charge is 0.497 e. The van der Waals surface area contributed by atoms with Gasteiger partial charge in [-0.25, -0.2) is 0 Å². The van der Waals surface area contributed by atoms with Crippen LogP contribution in [0.3, 0.4) is 0 Å². The SMILES string of the molecule is COc1ccc2c(c1)c(CC(=O)O)c(C)n2C(=O)c1ccc(Cl)cc1.C[N+](C)(C)CCO.O=C(CO)CO. The van der Waals surface area contributed by atoms with Crippen LogP contribution in [-0.2, 0) is 16.0 Å². The number of carboxylic acids is 1. The molecule has 1 heterocycles. The van der Waals surface area contributed by atoms with E-state index in [1.165, 1.54) is 4.57 Å². The van der Waals surface area contributed by atoms with E-state index in [4.69, 9.17) is 31.7 Å². The molecule has 10 nitrogen and oxygen atoms in total. The molecule has 0 aliphatic carbocycles. The number of ketones is 1. The number of carbonyl (C=O) groups excluding carboxylic acids is 2. The Labute approximate surface area is 226 Å². The van der Waals surface area contributed by atoms with Crippen LogP contribution in [0.4, 0.5) is 0 Å². The van der Waals surface area contributed by atoms with Gasteiger partial charge in [0, 0.05) is 21.7 Å². The van der Waals surface area contributed by atoms with Gasteiger partial charge in [-0.15, -0.1) is 0 Å². The highest BCUT2D eigenvalue weighted by molar-refractivity contribution is 6.30. The maximum Gasteiger partial charge on any atom is 0.307 e. The van der Waals surface area contributed by atoms with Gasteiger partial charge in [-0.05, 0) is 55.0 Å². The molecule has 4 N–H and O–H groups in total. The zero-order chi connectivity index (χ0) is 29.0. The Bertz CT molecular complexity index is 1220. The molecule has 0 spiro atoms. The molecule has 0 atom stereocenters. The number of likely N-dealkylation sites (N-methyl/N-ethyl adjacent to an activating group) is 1. The van der Waals surface area contributed by atoms with E-state index < -0.39 is 25.0 Å². The van der Waals surface area contributed by atoms with Gasteiger partial charge in [-0.1, -0.05) is 11.6 Å². The molecule has 3 rings (SSSR count). The first-order valence-electron chi connectivity index (χ1n) is 11.6. The first kappa shape index (κ1) is 32.7. The van der Waals surface area contributed by atoms with Crippen LogP contribution >= 0.6 is 11.6 Å². The predicted octanol–water partition coefficient (Wildman–Crippen LogP) is 2.15. The Kier molecular flexibility index (Phi) is 13.1. The standard InChI is InChI=1S/C19H16ClNO4.C5H14NO.C3H6O3/c1-11-15(10-18(22)23)16-9-14(25-2)7-8-17(16)21(11)19(24)12-3-5-13(20)6-4-12;1-6(2,3)4-5-7;4-1-3(6)2-5/h3-9H,10H2,1-2H3,(H,22,23);7H,4-5H2,1-3H3;4-5H,1-2H2/q;+1;. The van der Waals surface area contributed by atoms with Crippen molar-refractivity contribution in [1.29, 1.82) is 0 Å². The Hall–Kier alpha value is -3.28. The number of carboxylic acid groups (broad SMARTS) is 1. The van der Waals surface area contributed by atoms with Crippen molar-refractivity contribution in [3.8, 4) is 5.75 Å². The minimum absolute atomic E-state index is 0.170. The van der Waals surface area contributed by atoms with Gasteiger partial charge in [0.1, 0.15) is 25.5 Å². The third-order valence-corrected chi connectivity index (χ3v) is 5.54. The molecule has 0 fully saturated rings. The van der Waals surface area contributed by atoms with Gasteiger partial charge in [0.15, 0.2) is 5.78 Å². The molecular weight excluding hydrogens is 516 g/mol. The van der Waals surface area contributed by atoms with Crippen molar-refractivity contribution in [2.24, 2.45) is 0 Å². The summed E-state index contributed by atoms with van der Waals surface area (Å²) in [5.74, 6) is -1.13. The molecule has 11 heteroatoms. The lowest BCUT2D eigenvalue weighted by atomic mass is 10.1. The number of rotatable bonds is 8. The first-order chi connectivity index (χ1) is 17.8. The highest BCUT2D eigenvalue weighted by Gasteiger charge is 2.21. The molecule has 0 aliphatic heterocycles. The maximum atomic E-state index is 13.0. The Morgan fingerprint density at radius 3 is 1.95 bits per heavy atom. The monoisotopic (exact) mass is 551 g/mol. The van der Waals surface area contributed by atoms with Crippen molar-refractivity contribution >= 4 is 40.2 Å². The molecule has 0 amide bonds. The average molecular weight is 552 g/mol. The number of nitrogens with zero attached hydrogens (tertiary/aromatic N) is 2. The number of aliphatic hydroxyl groups is 3. The third kappa shape index (κ3) is 9.88. The summed E-state index contributed by atoms with van der Waals surface area (Å²) < 4.78 is 7.62. The number of methoxy groups -OCH3 is 1. The van der Waals surface area contributed by atoms with Crippen LogP contribution in [0.25, 0.3) is 10.9 Å². The van der Waals surface area contributed by atoms with Crippen molar-refractivity contribution in [1.82, 2.24) is 4.57 Å². The van der Waals surface area contributed by atoms with Crippen molar-refractivity contribution < 1.29 is 44.0 Å². The summed E-state index contributed by atoms with van der Waals surface area (Å²) in [4.78, 5) is 33.9. The summed E-state index contributed by atoms with van der Waals surface area (Å²) >= 11 is 5.89. The highest BCUT2D eigenvalue weighted by atomic mass is 35.5. The fourth-order valence-corrected chi connectivity index (χ4v) is 3.42. The van der Waals surface area contributed by atoms with Crippen molar-refractivity contribution in [2.75, 3.05) is 54.6 Å². The second-order valence-corrected chi connectivity index (χ2v) is 9.69. The van der Waals surface area contributed by atoms with Crippen molar-refractivity contribution in [3.63, 3.8) is 0 Å². The molecule has 0 unspecified atom stereocenters. The maximum absolute atomic E-state index is 13.0. The molecule has 0 aliphatic rings. The zero-order valence-electron chi connectivity index (χ0n) is 22.3. The lowest BCUT2D eigenvalue weighted by Gasteiger charge is -2.21. The second-order valence-electron chi connectivity index (χ2n) is 9.26.